The van der Waals surface area contributed by atoms with Crippen molar-refractivity contribution < 1.29 is 0 Å². The van der Waals surface area contributed by atoms with Gasteiger partial charge in [-0.05, 0) is 114 Å². The van der Waals surface area contributed by atoms with E-state index < -0.39 is 8.07 Å². The molecule has 1 fully saturated rings. The van der Waals surface area contributed by atoms with Crippen molar-refractivity contribution in [1.29, 1.82) is 0 Å². The zero-order chi connectivity index (χ0) is 34.4. The number of allylic oxidation sites excluding steroid dienone is 4. The van der Waals surface area contributed by atoms with Gasteiger partial charge in [-0.1, -0.05) is 169 Å². The first-order valence-electron chi connectivity index (χ1n) is 19.0. The van der Waals surface area contributed by atoms with Crippen LogP contribution in [0, 0.1) is 17.8 Å². The van der Waals surface area contributed by atoms with Gasteiger partial charge in [0.2, 0.25) is 0 Å². The minimum absolute atomic E-state index is 0.479. The zero-order valence-electron chi connectivity index (χ0n) is 32.0. The van der Waals surface area contributed by atoms with Crippen molar-refractivity contribution in [3.05, 3.63) is 112 Å². The molecule has 252 valence electrons. The van der Waals surface area contributed by atoms with Crippen LogP contribution in [0.3, 0.4) is 0 Å². The molecule has 2 aliphatic carbocycles. The van der Waals surface area contributed by atoms with Crippen molar-refractivity contribution in [2.75, 3.05) is 0 Å². The molecule has 47 heavy (non-hydrogen) atoms. The Morgan fingerprint density at radius 2 is 0.745 bits per heavy atom. The average Bonchev–Trinajstić information content (AvgIpc) is 3.36. The fourth-order valence-electron chi connectivity index (χ4n) is 8.75. The molecule has 0 aromatic heterocycles. The van der Waals surface area contributed by atoms with E-state index in [0.29, 0.717) is 58.8 Å². The van der Waals surface area contributed by atoms with Crippen LogP contribution in [-0.2, 0) is 0 Å². The number of hydrogen-bond acceptors (Lipinski definition) is 0. The maximum atomic E-state index is 2.69. The van der Waals surface area contributed by atoms with Crippen LogP contribution >= 0.6 is 0 Å². The van der Waals surface area contributed by atoms with E-state index in [1.807, 2.05) is 0 Å². The second-order valence-corrected chi connectivity index (χ2v) is 21.2. The van der Waals surface area contributed by atoms with Crippen molar-refractivity contribution in [1.82, 2.24) is 0 Å². The van der Waals surface area contributed by atoms with Crippen molar-refractivity contribution in [3.63, 3.8) is 0 Å². The first-order chi connectivity index (χ1) is 22.1. The SMILES string of the molecule is CC(C)c1cc(C(C)C)cc([Si](c2cc(C(C)C)cc(C(C)C)c2)(c2cc(C(C)C)cc(C(C)C)c2)C2C(C)CC3C=CC=CC32)c1. The summed E-state index contributed by atoms with van der Waals surface area (Å²) in [5, 5.41) is 4.91. The molecule has 0 bridgehead atoms. The first kappa shape index (κ1) is 35.7. The summed E-state index contributed by atoms with van der Waals surface area (Å²) < 4.78 is 0. The molecule has 4 unspecified atom stereocenters. The standard InChI is InChI=1S/C46H64Si/c1-28(2)36-19-37(29(3)4)23-42(22-36)47(46-34(13)18-35-16-14-15-17-45(35)46,43-24-38(30(5)6)20-39(25-43)31(7)8)44-26-40(32(9)10)21-41(27-44)33(11)12/h14-17,19-35,45-46H,18H2,1-13H3. The molecule has 2 aliphatic rings. The van der Waals surface area contributed by atoms with Gasteiger partial charge in [-0.2, -0.15) is 0 Å². The van der Waals surface area contributed by atoms with E-state index in [1.165, 1.54) is 39.8 Å². The number of benzene rings is 3. The minimum atomic E-state index is -2.71. The Morgan fingerprint density at radius 1 is 0.447 bits per heavy atom. The molecule has 0 aliphatic heterocycles. The molecule has 3 aromatic rings. The van der Waals surface area contributed by atoms with Gasteiger partial charge in [-0.15, -0.1) is 0 Å². The van der Waals surface area contributed by atoms with Crippen LogP contribution in [0.5, 0.6) is 0 Å². The van der Waals surface area contributed by atoms with E-state index in [9.17, 15) is 0 Å². The molecule has 0 radical (unpaired) electrons. The van der Waals surface area contributed by atoms with Crippen LogP contribution in [-0.4, -0.2) is 8.07 Å². The minimum Gasteiger partial charge on any atom is -0.0808 e. The topological polar surface area (TPSA) is 0 Å². The third-order valence-corrected chi connectivity index (χ3v) is 17.3. The van der Waals surface area contributed by atoms with Gasteiger partial charge in [0.05, 0.1) is 0 Å². The number of hydrogen-bond donors (Lipinski definition) is 0. The maximum absolute atomic E-state index is 2.71. The Hall–Kier alpha value is -2.64. The Kier molecular flexibility index (Phi) is 10.7. The van der Waals surface area contributed by atoms with Crippen LogP contribution in [0.2, 0.25) is 5.54 Å². The predicted molar refractivity (Wildman–Crippen MR) is 211 cm³/mol. The third kappa shape index (κ3) is 6.81. The van der Waals surface area contributed by atoms with Gasteiger partial charge in [0.15, 0.2) is 8.07 Å². The average molecular weight is 645 g/mol. The summed E-state index contributed by atoms with van der Waals surface area (Å²) >= 11 is 0. The van der Waals surface area contributed by atoms with Crippen LogP contribution in [0.1, 0.15) is 165 Å². The Balaban J connectivity index is 2.06. The van der Waals surface area contributed by atoms with Crippen molar-refractivity contribution in [2.45, 2.75) is 137 Å². The monoisotopic (exact) mass is 644 g/mol. The fraction of sp³-hybridized carbons (Fsp3) is 0.522. The molecule has 1 saturated carbocycles. The van der Waals surface area contributed by atoms with Crippen molar-refractivity contribution >= 4 is 23.6 Å². The molecular weight excluding hydrogens is 581 g/mol. The van der Waals surface area contributed by atoms with Gasteiger partial charge in [0, 0.05) is 0 Å². The third-order valence-electron chi connectivity index (χ3n) is 11.8. The lowest BCUT2D eigenvalue weighted by atomic mass is 9.92. The molecule has 0 amide bonds. The van der Waals surface area contributed by atoms with Crippen LogP contribution in [0.25, 0.3) is 0 Å². The molecule has 5 rings (SSSR count). The van der Waals surface area contributed by atoms with E-state index in [1.54, 1.807) is 15.6 Å². The van der Waals surface area contributed by atoms with Gasteiger partial charge >= 0.3 is 0 Å². The molecule has 1 heteroatoms. The second-order valence-electron chi connectivity index (χ2n) is 17.2. The van der Waals surface area contributed by atoms with Gasteiger partial charge in [-0.25, -0.2) is 0 Å². The Labute approximate surface area is 290 Å². The fourth-order valence-corrected chi connectivity index (χ4v) is 15.2. The van der Waals surface area contributed by atoms with Gasteiger partial charge in [0.25, 0.3) is 0 Å². The lowest BCUT2D eigenvalue weighted by Crippen LogP contribution is -2.71. The molecule has 0 nitrogen and oxygen atoms in total. The molecule has 0 saturated heterocycles. The lowest BCUT2D eigenvalue weighted by Gasteiger charge is -2.45. The van der Waals surface area contributed by atoms with Gasteiger partial charge < -0.3 is 0 Å². The predicted octanol–water partition coefficient (Wildman–Crippen LogP) is 11.7. The van der Waals surface area contributed by atoms with Crippen LogP contribution in [0.4, 0.5) is 0 Å². The molecule has 0 N–H and O–H groups in total. The van der Waals surface area contributed by atoms with E-state index in [2.05, 4.69) is 169 Å². The highest BCUT2D eigenvalue weighted by molar-refractivity contribution is 7.12. The van der Waals surface area contributed by atoms with Gasteiger partial charge in [-0.3, -0.25) is 0 Å². The van der Waals surface area contributed by atoms with E-state index >= 15 is 0 Å². The summed E-state index contributed by atoms with van der Waals surface area (Å²) in [6, 6.07) is 23.7. The molecule has 0 heterocycles. The first-order valence-corrected chi connectivity index (χ1v) is 21.0. The Bertz CT molecular complexity index is 1380. The van der Waals surface area contributed by atoms with Crippen molar-refractivity contribution in [2.24, 2.45) is 17.8 Å². The van der Waals surface area contributed by atoms with Crippen LogP contribution < -0.4 is 15.6 Å². The summed E-state index contributed by atoms with van der Waals surface area (Å²) in [7, 11) is -2.71. The van der Waals surface area contributed by atoms with Crippen LogP contribution in [0.15, 0.2) is 78.9 Å². The zero-order valence-corrected chi connectivity index (χ0v) is 33.0. The number of fused-ring (bicyclic) bond motifs is 1. The molecule has 3 aromatic carbocycles. The Morgan fingerprint density at radius 3 is 1.04 bits per heavy atom. The number of rotatable bonds is 10. The second kappa shape index (κ2) is 14.1. The quantitative estimate of drug-likeness (QED) is 0.152. The van der Waals surface area contributed by atoms with E-state index in [4.69, 9.17) is 0 Å². The van der Waals surface area contributed by atoms with E-state index in [-0.39, 0.29) is 0 Å². The lowest BCUT2D eigenvalue weighted by molar-refractivity contribution is 0.546. The van der Waals surface area contributed by atoms with Gasteiger partial charge in [0.1, 0.15) is 0 Å². The largest absolute Gasteiger partial charge is 0.152 e. The normalized spacial score (nSPS) is 21.3. The highest BCUT2D eigenvalue weighted by Gasteiger charge is 2.56. The highest BCUT2D eigenvalue weighted by atomic mass is 28.3. The highest BCUT2D eigenvalue weighted by Crippen LogP contribution is 2.53. The summed E-state index contributed by atoms with van der Waals surface area (Å²) in [6.07, 6.45) is 11.1. The maximum Gasteiger partial charge on any atom is 0.152 e. The summed E-state index contributed by atoms with van der Waals surface area (Å²) in [4.78, 5) is 0. The summed E-state index contributed by atoms with van der Waals surface area (Å²) in [5.41, 5.74) is 9.54. The van der Waals surface area contributed by atoms with Crippen molar-refractivity contribution in [3.8, 4) is 0 Å². The summed E-state index contributed by atoms with van der Waals surface area (Å²) in [5.74, 6) is 4.64. The molecule has 4 atom stereocenters. The molecular formula is C46H64Si. The van der Waals surface area contributed by atoms with E-state index in [0.717, 1.165) is 0 Å². The molecule has 0 spiro atoms. The summed E-state index contributed by atoms with van der Waals surface area (Å²) in [6.45, 7) is 31.3. The smallest absolute Gasteiger partial charge is 0.0808 e.